The van der Waals surface area contributed by atoms with Crippen LogP contribution in [-0.4, -0.2) is 39.2 Å². The molecule has 1 saturated heterocycles. The average molecular weight is 322 g/mol. The van der Waals surface area contributed by atoms with Gasteiger partial charge in [0.1, 0.15) is 5.82 Å². The summed E-state index contributed by atoms with van der Waals surface area (Å²) in [5.41, 5.74) is 7.72. The van der Waals surface area contributed by atoms with Gasteiger partial charge in [0.15, 0.2) is 0 Å². The van der Waals surface area contributed by atoms with Crippen LogP contribution in [0.5, 0.6) is 0 Å². The summed E-state index contributed by atoms with van der Waals surface area (Å²) < 4.78 is 5.48. The second-order valence-electron chi connectivity index (χ2n) is 5.86. The number of rotatable bonds is 3. The van der Waals surface area contributed by atoms with Crippen molar-refractivity contribution in [3.8, 4) is 22.8 Å². The lowest BCUT2D eigenvalue weighted by atomic mass is 10.1. The van der Waals surface area contributed by atoms with Crippen molar-refractivity contribution in [1.82, 2.24) is 20.1 Å². The summed E-state index contributed by atoms with van der Waals surface area (Å²) >= 11 is 0. The fourth-order valence-corrected chi connectivity index (χ4v) is 2.88. The lowest BCUT2D eigenvalue weighted by molar-refractivity contribution is 0.431. The molecule has 4 rings (SSSR count). The van der Waals surface area contributed by atoms with Gasteiger partial charge < -0.3 is 15.2 Å². The number of hydrogen-bond donors (Lipinski definition) is 1. The van der Waals surface area contributed by atoms with E-state index in [1.807, 2.05) is 24.3 Å². The van der Waals surface area contributed by atoms with E-state index in [0.29, 0.717) is 11.7 Å². The largest absolute Gasteiger partial charge is 0.356 e. The molecule has 1 aliphatic heterocycles. The van der Waals surface area contributed by atoms with Crippen LogP contribution >= 0.6 is 0 Å². The highest BCUT2D eigenvalue weighted by Crippen LogP contribution is 2.30. The summed E-state index contributed by atoms with van der Waals surface area (Å²) in [7, 11) is 0. The summed E-state index contributed by atoms with van der Waals surface area (Å²) in [5, 5.41) is 4.08. The third kappa shape index (κ3) is 2.85. The molecule has 0 spiro atoms. The number of nitrogens with two attached hydrogens (primary N) is 1. The molecule has 0 saturated carbocycles. The lowest BCUT2D eigenvalue weighted by Gasteiger charge is -2.31. The first-order chi connectivity index (χ1) is 11.8. The zero-order valence-electron chi connectivity index (χ0n) is 13.2. The molecule has 0 aliphatic carbocycles. The smallest absolute Gasteiger partial charge is 0.261 e. The molecule has 122 valence electrons. The van der Waals surface area contributed by atoms with Gasteiger partial charge in [0, 0.05) is 43.3 Å². The predicted octanol–water partition coefficient (Wildman–Crippen LogP) is 2.12. The molecule has 7 nitrogen and oxygen atoms in total. The summed E-state index contributed by atoms with van der Waals surface area (Å²) in [6.07, 6.45) is 7.12. The molecule has 2 N–H and O–H groups in total. The van der Waals surface area contributed by atoms with Crippen molar-refractivity contribution < 1.29 is 4.52 Å². The quantitative estimate of drug-likeness (QED) is 0.789. The molecular formula is C17H18N6O. The molecule has 3 aromatic heterocycles. The van der Waals surface area contributed by atoms with Crippen molar-refractivity contribution in [2.24, 2.45) is 5.73 Å². The van der Waals surface area contributed by atoms with Gasteiger partial charge in [0.05, 0.1) is 5.56 Å². The van der Waals surface area contributed by atoms with E-state index < -0.39 is 0 Å². The van der Waals surface area contributed by atoms with Gasteiger partial charge in [-0.1, -0.05) is 5.16 Å². The van der Waals surface area contributed by atoms with Crippen molar-refractivity contribution in [3.05, 3.63) is 42.9 Å². The van der Waals surface area contributed by atoms with E-state index in [9.17, 15) is 0 Å². The fraction of sp³-hybridized carbons (Fsp3) is 0.294. The van der Waals surface area contributed by atoms with Gasteiger partial charge >= 0.3 is 0 Å². The Morgan fingerprint density at radius 1 is 1.08 bits per heavy atom. The van der Waals surface area contributed by atoms with Crippen molar-refractivity contribution >= 4 is 5.82 Å². The van der Waals surface area contributed by atoms with Crippen LogP contribution in [0.2, 0.25) is 0 Å². The van der Waals surface area contributed by atoms with E-state index in [1.54, 1.807) is 18.6 Å². The predicted molar refractivity (Wildman–Crippen MR) is 90.2 cm³/mol. The molecule has 7 heteroatoms. The van der Waals surface area contributed by atoms with Gasteiger partial charge in [-0.2, -0.15) is 4.98 Å². The van der Waals surface area contributed by atoms with Gasteiger partial charge in [-0.3, -0.25) is 4.98 Å². The van der Waals surface area contributed by atoms with Crippen LogP contribution in [0.1, 0.15) is 12.8 Å². The number of piperidine rings is 1. The number of anilines is 1. The van der Waals surface area contributed by atoms with Crippen LogP contribution in [0.15, 0.2) is 47.4 Å². The molecule has 0 aromatic carbocycles. The Morgan fingerprint density at radius 2 is 1.88 bits per heavy atom. The van der Waals surface area contributed by atoms with Crippen LogP contribution in [0.3, 0.4) is 0 Å². The van der Waals surface area contributed by atoms with Gasteiger partial charge in [0.2, 0.25) is 5.82 Å². The monoisotopic (exact) mass is 322 g/mol. The standard InChI is InChI=1S/C17H18N6O/c18-13-5-10-23(11-6-13)16-14(2-1-7-20-16)17-21-15(22-24-17)12-3-8-19-9-4-12/h1-4,7-9,13H,5-6,10-11,18H2. The third-order valence-electron chi connectivity index (χ3n) is 4.22. The van der Waals surface area contributed by atoms with E-state index in [0.717, 1.165) is 42.9 Å². The number of pyridine rings is 2. The molecule has 0 radical (unpaired) electrons. The second kappa shape index (κ2) is 6.37. The molecule has 0 bridgehead atoms. The van der Waals surface area contributed by atoms with Crippen molar-refractivity contribution in [1.29, 1.82) is 0 Å². The first-order valence-electron chi connectivity index (χ1n) is 8.01. The minimum atomic E-state index is 0.273. The van der Waals surface area contributed by atoms with E-state index in [-0.39, 0.29) is 6.04 Å². The van der Waals surface area contributed by atoms with Gasteiger partial charge in [-0.05, 0) is 37.1 Å². The van der Waals surface area contributed by atoms with Crippen molar-refractivity contribution in [3.63, 3.8) is 0 Å². The average Bonchev–Trinajstić information content (AvgIpc) is 3.13. The van der Waals surface area contributed by atoms with Gasteiger partial charge in [0.25, 0.3) is 5.89 Å². The second-order valence-corrected chi connectivity index (χ2v) is 5.86. The van der Waals surface area contributed by atoms with Gasteiger partial charge in [-0.25, -0.2) is 4.98 Å². The maximum atomic E-state index is 6.00. The van der Waals surface area contributed by atoms with Crippen LogP contribution in [0, 0.1) is 0 Å². The first kappa shape index (κ1) is 14.8. The van der Waals surface area contributed by atoms with Crippen LogP contribution in [0.25, 0.3) is 22.8 Å². The Labute approximate surface area is 139 Å². The summed E-state index contributed by atoms with van der Waals surface area (Å²) in [4.78, 5) is 15.3. The fourth-order valence-electron chi connectivity index (χ4n) is 2.88. The van der Waals surface area contributed by atoms with E-state index in [2.05, 4.69) is 25.0 Å². The summed E-state index contributed by atoms with van der Waals surface area (Å²) in [6, 6.07) is 7.82. The molecule has 1 aliphatic rings. The van der Waals surface area contributed by atoms with Crippen LogP contribution < -0.4 is 10.6 Å². The Kier molecular flexibility index (Phi) is 3.92. The number of nitrogens with zero attached hydrogens (tertiary/aromatic N) is 5. The summed E-state index contributed by atoms with van der Waals surface area (Å²) in [5.74, 6) is 1.89. The Bertz CT molecular complexity index is 811. The molecule has 0 atom stereocenters. The van der Waals surface area contributed by atoms with Crippen LogP contribution in [0.4, 0.5) is 5.82 Å². The zero-order valence-corrected chi connectivity index (χ0v) is 13.2. The third-order valence-corrected chi connectivity index (χ3v) is 4.22. The molecular weight excluding hydrogens is 304 g/mol. The maximum absolute atomic E-state index is 6.00. The molecule has 3 aromatic rings. The highest BCUT2D eigenvalue weighted by Gasteiger charge is 2.22. The van der Waals surface area contributed by atoms with Gasteiger partial charge in [-0.15, -0.1) is 0 Å². The maximum Gasteiger partial charge on any atom is 0.261 e. The minimum absolute atomic E-state index is 0.273. The molecule has 0 amide bonds. The van der Waals surface area contributed by atoms with Crippen molar-refractivity contribution in [2.45, 2.75) is 18.9 Å². The molecule has 0 unspecified atom stereocenters. The molecule has 4 heterocycles. The van der Waals surface area contributed by atoms with E-state index in [4.69, 9.17) is 10.3 Å². The molecule has 24 heavy (non-hydrogen) atoms. The first-order valence-corrected chi connectivity index (χ1v) is 8.01. The normalized spacial score (nSPS) is 15.6. The highest BCUT2D eigenvalue weighted by atomic mass is 16.5. The zero-order chi connectivity index (χ0) is 16.4. The highest BCUT2D eigenvalue weighted by molar-refractivity contribution is 5.71. The van der Waals surface area contributed by atoms with E-state index in [1.165, 1.54) is 0 Å². The topological polar surface area (TPSA) is 94.0 Å². The number of hydrogen-bond acceptors (Lipinski definition) is 7. The van der Waals surface area contributed by atoms with Crippen LogP contribution in [-0.2, 0) is 0 Å². The Hall–Kier alpha value is -2.80. The summed E-state index contributed by atoms with van der Waals surface area (Å²) in [6.45, 7) is 1.77. The minimum Gasteiger partial charge on any atom is -0.356 e. The Balaban J connectivity index is 1.67. The lowest BCUT2D eigenvalue weighted by Crippen LogP contribution is -2.40. The van der Waals surface area contributed by atoms with Crippen molar-refractivity contribution in [2.75, 3.05) is 18.0 Å². The number of aromatic nitrogens is 4. The SMILES string of the molecule is NC1CCN(c2ncccc2-c2nc(-c3ccncc3)no2)CC1. The Morgan fingerprint density at radius 3 is 2.67 bits per heavy atom. The van der Waals surface area contributed by atoms with E-state index >= 15 is 0 Å². The molecule has 1 fully saturated rings.